The Labute approximate surface area is 129 Å². The van der Waals surface area contributed by atoms with Crippen LogP contribution in [0.15, 0.2) is 16.9 Å². The average Bonchev–Trinajstić information content (AvgIpc) is 3.26. The van der Waals surface area contributed by atoms with Crippen molar-refractivity contribution in [2.24, 2.45) is 0 Å². The van der Waals surface area contributed by atoms with E-state index in [0.717, 1.165) is 62.4 Å². The highest BCUT2D eigenvalue weighted by atomic mass is 16.5. The molecule has 22 heavy (non-hydrogen) atoms. The Morgan fingerprint density at radius 3 is 2.95 bits per heavy atom. The van der Waals surface area contributed by atoms with Crippen LogP contribution in [0.4, 0.5) is 0 Å². The largest absolute Gasteiger partial charge is 0.372 e. The quantitative estimate of drug-likeness (QED) is 0.939. The minimum absolute atomic E-state index is 0.0395. The highest BCUT2D eigenvalue weighted by molar-refractivity contribution is 5.43. The SMILES string of the molecule is CCn1c(C2CCCN2)cc(=O)n2nc(C3CCCO3)cc12. The van der Waals surface area contributed by atoms with Crippen molar-refractivity contribution < 1.29 is 4.74 Å². The smallest absolute Gasteiger partial charge is 0.274 e. The molecule has 0 amide bonds. The Morgan fingerprint density at radius 2 is 2.27 bits per heavy atom. The van der Waals surface area contributed by atoms with Crippen LogP contribution in [-0.2, 0) is 11.3 Å². The van der Waals surface area contributed by atoms with E-state index < -0.39 is 0 Å². The van der Waals surface area contributed by atoms with Gasteiger partial charge in [-0.05, 0) is 39.2 Å². The molecule has 2 aromatic heterocycles. The molecule has 2 aromatic rings. The van der Waals surface area contributed by atoms with E-state index in [0.29, 0.717) is 0 Å². The molecular formula is C16H22N4O2. The van der Waals surface area contributed by atoms with Gasteiger partial charge >= 0.3 is 0 Å². The van der Waals surface area contributed by atoms with E-state index in [9.17, 15) is 4.79 Å². The van der Waals surface area contributed by atoms with E-state index in [1.165, 1.54) is 4.52 Å². The lowest BCUT2D eigenvalue weighted by atomic mass is 10.1. The van der Waals surface area contributed by atoms with Crippen LogP contribution in [0.25, 0.3) is 5.65 Å². The maximum atomic E-state index is 12.5. The van der Waals surface area contributed by atoms with E-state index >= 15 is 0 Å². The Balaban J connectivity index is 1.86. The number of aromatic nitrogens is 3. The topological polar surface area (TPSA) is 60.6 Å². The fourth-order valence-electron chi connectivity index (χ4n) is 3.68. The monoisotopic (exact) mass is 302 g/mol. The summed E-state index contributed by atoms with van der Waals surface area (Å²) in [4.78, 5) is 12.5. The number of hydrogen-bond donors (Lipinski definition) is 1. The molecule has 2 fully saturated rings. The van der Waals surface area contributed by atoms with Crippen LogP contribution in [0.2, 0.25) is 0 Å². The number of nitrogens with zero attached hydrogens (tertiary/aromatic N) is 3. The minimum atomic E-state index is -0.0485. The zero-order chi connectivity index (χ0) is 15.1. The predicted molar refractivity (Wildman–Crippen MR) is 83.0 cm³/mol. The molecule has 118 valence electrons. The van der Waals surface area contributed by atoms with Gasteiger partial charge in [-0.2, -0.15) is 9.61 Å². The number of ether oxygens (including phenoxy) is 1. The second kappa shape index (κ2) is 5.52. The molecular weight excluding hydrogens is 280 g/mol. The van der Waals surface area contributed by atoms with Crippen LogP contribution in [-0.4, -0.2) is 27.3 Å². The molecule has 2 unspecified atom stereocenters. The summed E-state index contributed by atoms with van der Waals surface area (Å²) < 4.78 is 9.44. The van der Waals surface area contributed by atoms with Gasteiger partial charge in [0.1, 0.15) is 11.8 Å². The van der Waals surface area contributed by atoms with Crippen LogP contribution < -0.4 is 10.9 Å². The molecule has 4 rings (SSSR count). The maximum absolute atomic E-state index is 12.5. The van der Waals surface area contributed by atoms with E-state index in [1.807, 2.05) is 6.07 Å². The van der Waals surface area contributed by atoms with Crippen molar-refractivity contribution in [3.05, 3.63) is 33.9 Å². The van der Waals surface area contributed by atoms with E-state index in [2.05, 4.69) is 21.9 Å². The van der Waals surface area contributed by atoms with Crippen molar-refractivity contribution in [3.8, 4) is 0 Å². The van der Waals surface area contributed by atoms with Crippen molar-refractivity contribution in [1.29, 1.82) is 0 Å². The van der Waals surface area contributed by atoms with Gasteiger partial charge in [0.15, 0.2) is 0 Å². The van der Waals surface area contributed by atoms with Crippen LogP contribution in [0, 0.1) is 0 Å². The zero-order valence-electron chi connectivity index (χ0n) is 12.9. The highest BCUT2D eigenvalue weighted by Crippen LogP contribution is 2.29. The fraction of sp³-hybridized carbons (Fsp3) is 0.625. The van der Waals surface area contributed by atoms with Gasteiger partial charge in [-0.25, -0.2) is 0 Å². The number of nitrogens with one attached hydrogen (secondary N) is 1. The normalized spacial score (nSPS) is 25.3. The highest BCUT2D eigenvalue weighted by Gasteiger charge is 2.25. The number of hydrogen-bond acceptors (Lipinski definition) is 4. The van der Waals surface area contributed by atoms with Crippen LogP contribution >= 0.6 is 0 Å². The molecule has 2 aliphatic heterocycles. The molecule has 6 nitrogen and oxygen atoms in total. The number of aryl methyl sites for hydroxylation is 1. The summed E-state index contributed by atoms with van der Waals surface area (Å²) in [5.74, 6) is 0. The molecule has 0 bridgehead atoms. The Morgan fingerprint density at radius 1 is 1.36 bits per heavy atom. The second-order valence-electron chi connectivity index (χ2n) is 6.14. The number of fused-ring (bicyclic) bond motifs is 1. The van der Waals surface area contributed by atoms with Gasteiger partial charge in [-0.3, -0.25) is 4.79 Å². The van der Waals surface area contributed by atoms with Gasteiger partial charge < -0.3 is 14.6 Å². The third-order valence-electron chi connectivity index (χ3n) is 4.77. The van der Waals surface area contributed by atoms with Crippen molar-refractivity contribution in [1.82, 2.24) is 19.5 Å². The first kappa shape index (κ1) is 14.0. The summed E-state index contributed by atoms with van der Waals surface area (Å²) in [6.45, 7) is 4.75. The molecule has 0 radical (unpaired) electrons. The molecule has 2 saturated heterocycles. The van der Waals surface area contributed by atoms with Gasteiger partial charge in [-0.15, -0.1) is 0 Å². The third-order valence-corrected chi connectivity index (χ3v) is 4.77. The second-order valence-corrected chi connectivity index (χ2v) is 6.14. The molecule has 0 aliphatic carbocycles. The molecule has 1 N–H and O–H groups in total. The van der Waals surface area contributed by atoms with Crippen molar-refractivity contribution >= 4 is 5.65 Å². The van der Waals surface area contributed by atoms with Crippen molar-refractivity contribution in [2.75, 3.05) is 13.2 Å². The van der Waals surface area contributed by atoms with Crippen LogP contribution in [0.5, 0.6) is 0 Å². The van der Waals surface area contributed by atoms with Gasteiger partial charge in [-0.1, -0.05) is 0 Å². The predicted octanol–water partition coefficient (Wildman–Crippen LogP) is 1.79. The molecule has 0 saturated carbocycles. The first-order valence-electron chi connectivity index (χ1n) is 8.26. The van der Waals surface area contributed by atoms with Gasteiger partial charge in [0.2, 0.25) is 0 Å². The summed E-state index contributed by atoms with van der Waals surface area (Å²) >= 11 is 0. The summed E-state index contributed by atoms with van der Waals surface area (Å²) in [5, 5.41) is 8.00. The first-order chi connectivity index (χ1) is 10.8. The van der Waals surface area contributed by atoms with Crippen LogP contribution in [0.1, 0.15) is 56.1 Å². The lowest BCUT2D eigenvalue weighted by Gasteiger charge is -2.18. The summed E-state index contributed by atoms with van der Waals surface area (Å²) in [6.07, 6.45) is 4.34. The Bertz CT molecular complexity index is 736. The average molecular weight is 302 g/mol. The standard InChI is InChI=1S/C16H22N4O2/c1-2-19-13(11-5-3-7-17-11)10-16(21)20-15(19)9-12(18-20)14-6-4-8-22-14/h9-11,14,17H,2-8H2,1H3. The van der Waals surface area contributed by atoms with E-state index in [-0.39, 0.29) is 17.7 Å². The zero-order valence-corrected chi connectivity index (χ0v) is 12.9. The van der Waals surface area contributed by atoms with Gasteiger partial charge in [0.05, 0.1) is 5.69 Å². The van der Waals surface area contributed by atoms with E-state index in [1.54, 1.807) is 6.07 Å². The van der Waals surface area contributed by atoms with Crippen molar-refractivity contribution in [3.63, 3.8) is 0 Å². The minimum Gasteiger partial charge on any atom is -0.372 e. The Kier molecular flexibility index (Phi) is 3.50. The first-order valence-corrected chi connectivity index (χ1v) is 8.26. The third kappa shape index (κ3) is 2.18. The van der Waals surface area contributed by atoms with Gasteiger partial charge in [0.25, 0.3) is 5.56 Å². The maximum Gasteiger partial charge on any atom is 0.274 e. The van der Waals surface area contributed by atoms with E-state index in [4.69, 9.17) is 4.74 Å². The lowest BCUT2D eigenvalue weighted by Crippen LogP contribution is -2.25. The molecule has 0 spiro atoms. The molecule has 4 heterocycles. The molecule has 2 atom stereocenters. The summed E-state index contributed by atoms with van der Waals surface area (Å²) in [5.41, 5.74) is 2.79. The molecule has 0 aromatic carbocycles. The molecule has 6 heteroatoms. The fourth-order valence-corrected chi connectivity index (χ4v) is 3.68. The lowest BCUT2D eigenvalue weighted by molar-refractivity contribution is 0.108. The summed E-state index contributed by atoms with van der Waals surface area (Å²) in [7, 11) is 0. The molecule has 2 aliphatic rings. The van der Waals surface area contributed by atoms with Crippen LogP contribution in [0.3, 0.4) is 0 Å². The number of rotatable bonds is 3. The van der Waals surface area contributed by atoms with Gasteiger partial charge in [0, 0.05) is 37.0 Å². The van der Waals surface area contributed by atoms with Crippen molar-refractivity contribution in [2.45, 2.75) is 51.3 Å². The summed E-state index contributed by atoms with van der Waals surface area (Å²) in [6, 6.07) is 4.05. The Hall–Kier alpha value is -1.66.